The van der Waals surface area contributed by atoms with Gasteiger partial charge in [0.25, 0.3) is 0 Å². The summed E-state index contributed by atoms with van der Waals surface area (Å²) >= 11 is 0. The van der Waals surface area contributed by atoms with Crippen LogP contribution >= 0.6 is 0 Å². The topological polar surface area (TPSA) is 74.0 Å². The Kier molecular flexibility index (Phi) is 2.60. The summed E-state index contributed by atoms with van der Waals surface area (Å²) in [4.78, 5) is 14.5. The number of carbonyl (C=O) groups is 1. The fraction of sp³-hybridized carbons (Fsp3) is 0.222. The minimum atomic E-state index is -1.01. The summed E-state index contributed by atoms with van der Waals surface area (Å²) in [5.74, 6) is -1.01. The van der Waals surface area contributed by atoms with E-state index in [1.807, 2.05) is 6.07 Å². The largest absolute Gasteiger partial charge is 0.478 e. The number of carboxylic acids is 1. The lowest BCUT2D eigenvalue weighted by Crippen LogP contribution is -2.04. The van der Waals surface area contributed by atoms with Crippen molar-refractivity contribution in [2.45, 2.75) is 13.3 Å². The van der Waals surface area contributed by atoms with Gasteiger partial charge in [-0.15, -0.1) is 0 Å². The van der Waals surface area contributed by atoms with E-state index in [9.17, 15) is 4.79 Å². The lowest BCUT2D eigenvalue weighted by Gasteiger charge is -2.01. The van der Waals surface area contributed by atoms with Gasteiger partial charge in [-0.2, -0.15) is 5.26 Å². The van der Waals surface area contributed by atoms with E-state index in [2.05, 4.69) is 4.98 Å². The van der Waals surface area contributed by atoms with E-state index in [1.54, 1.807) is 6.92 Å². The first-order valence-electron chi connectivity index (χ1n) is 3.82. The van der Waals surface area contributed by atoms with E-state index in [-0.39, 0.29) is 11.3 Å². The Morgan fingerprint density at radius 1 is 1.69 bits per heavy atom. The molecule has 0 aliphatic carbocycles. The van der Waals surface area contributed by atoms with Crippen LogP contribution in [0.15, 0.2) is 12.1 Å². The summed E-state index contributed by atoms with van der Waals surface area (Å²) in [5, 5.41) is 17.3. The highest BCUT2D eigenvalue weighted by atomic mass is 16.4. The number of aromatic nitrogens is 1. The smallest absolute Gasteiger partial charge is 0.337 e. The number of aryl methyl sites for hydroxylation is 1. The standard InChI is InChI=1S/C9H8N2O2/c1-2-8-7(9(12)13)4-3-6(5-10)11-8/h3-4H,2H2,1H3,(H,12,13). The van der Waals surface area contributed by atoms with Crippen molar-refractivity contribution >= 4 is 5.97 Å². The minimum absolute atomic E-state index is 0.168. The van der Waals surface area contributed by atoms with Gasteiger partial charge in [0.05, 0.1) is 11.3 Å². The van der Waals surface area contributed by atoms with E-state index >= 15 is 0 Å². The average molecular weight is 176 g/mol. The lowest BCUT2D eigenvalue weighted by molar-refractivity contribution is 0.0695. The number of hydrogen-bond donors (Lipinski definition) is 1. The molecule has 13 heavy (non-hydrogen) atoms. The van der Waals surface area contributed by atoms with Gasteiger partial charge < -0.3 is 5.11 Å². The van der Waals surface area contributed by atoms with Gasteiger partial charge in [0.15, 0.2) is 0 Å². The predicted octanol–water partition coefficient (Wildman–Crippen LogP) is 1.21. The first-order valence-corrected chi connectivity index (χ1v) is 3.82. The zero-order valence-electron chi connectivity index (χ0n) is 7.11. The van der Waals surface area contributed by atoms with Crippen LogP contribution < -0.4 is 0 Å². The molecule has 0 fully saturated rings. The monoisotopic (exact) mass is 176 g/mol. The normalized spacial score (nSPS) is 9.23. The fourth-order valence-corrected chi connectivity index (χ4v) is 1.03. The van der Waals surface area contributed by atoms with Crippen LogP contribution in [0.4, 0.5) is 0 Å². The molecule has 0 saturated carbocycles. The van der Waals surface area contributed by atoms with Gasteiger partial charge in [-0.25, -0.2) is 9.78 Å². The summed E-state index contributed by atoms with van der Waals surface area (Å²) < 4.78 is 0. The molecule has 1 aromatic rings. The molecule has 4 nitrogen and oxygen atoms in total. The molecular formula is C9H8N2O2. The second-order valence-electron chi connectivity index (χ2n) is 2.46. The maximum absolute atomic E-state index is 10.7. The van der Waals surface area contributed by atoms with Gasteiger partial charge in [0.2, 0.25) is 0 Å². The molecule has 0 radical (unpaired) electrons. The Bertz CT molecular complexity index is 380. The highest BCUT2D eigenvalue weighted by Crippen LogP contribution is 2.08. The third kappa shape index (κ3) is 1.82. The van der Waals surface area contributed by atoms with Crippen LogP contribution in [0.2, 0.25) is 0 Å². The second kappa shape index (κ2) is 3.68. The molecule has 0 aliphatic rings. The van der Waals surface area contributed by atoms with E-state index in [0.29, 0.717) is 12.1 Å². The predicted molar refractivity (Wildman–Crippen MR) is 45.3 cm³/mol. The molecule has 1 N–H and O–H groups in total. The SMILES string of the molecule is CCc1nc(C#N)ccc1C(=O)O. The van der Waals surface area contributed by atoms with E-state index < -0.39 is 5.97 Å². The summed E-state index contributed by atoms with van der Waals surface area (Å²) in [5.41, 5.74) is 0.870. The highest BCUT2D eigenvalue weighted by Gasteiger charge is 2.10. The van der Waals surface area contributed by atoms with Crippen molar-refractivity contribution in [2.24, 2.45) is 0 Å². The van der Waals surface area contributed by atoms with Crippen molar-refractivity contribution in [3.05, 3.63) is 29.1 Å². The van der Waals surface area contributed by atoms with E-state index in [4.69, 9.17) is 10.4 Å². The highest BCUT2D eigenvalue weighted by molar-refractivity contribution is 5.88. The third-order valence-electron chi connectivity index (χ3n) is 1.65. The summed E-state index contributed by atoms with van der Waals surface area (Å²) in [6.07, 6.45) is 0.511. The van der Waals surface area contributed by atoms with Crippen LogP contribution in [0.25, 0.3) is 0 Å². The maximum Gasteiger partial charge on any atom is 0.337 e. The Morgan fingerprint density at radius 3 is 2.85 bits per heavy atom. The van der Waals surface area contributed by atoms with Crippen LogP contribution in [0.5, 0.6) is 0 Å². The van der Waals surface area contributed by atoms with Crippen LogP contribution in [0, 0.1) is 11.3 Å². The number of hydrogen-bond acceptors (Lipinski definition) is 3. The van der Waals surface area contributed by atoms with Gasteiger partial charge in [0, 0.05) is 0 Å². The minimum Gasteiger partial charge on any atom is -0.478 e. The molecule has 66 valence electrons. The second-order valence-corrected chi connectivity index (χ2v) is 2.46. The van der Waals surface area contributed by atoms with Gasteiger partial charge in [-0.05, 0) is 18.6 Å². The lowest BCUT2D eigenvalue weighted by atomic mass is 10.1. The zero-order valence-corrected chi connectivity index (χ0v) is 7.11. The number of aromatic carboxylic acids is 1. The van der Waals surface area contributed by atoms with Crippen LogP contribution in [0.1, 0.15) is 28.7 Å². The Balaban J connectivity index is 3.25. The van der Waals surface area contributed by atoms with Crippen molar-refractivity contribution in [3.63, 3.8) is 0 Å². The molecule has 0 amide bonds. The van der Waals surface area contributed by atoms with Crippen molar-refractivity contribution in [3.8, 4) is 6.07 Å². The molecular weight excluding hydrogens is 168 g/mol. The molecule has 0 atom stereocenters. The first kappa shape index (κ1) is 9.20. The van der Waals surface area contributed by atoms with Crippen molar-refractivity contribution in [2.75, 3.05) is 0 Å². The molecule has 1 rings (SSSR count). The number of carboxylic acid groups (broad SMARTS) is 1. The molecule has 0 saturated heterocycles. The van der Waals surface area contributed by atoms with E-state index in [0.717, 1.165) is 0 Å². The van der Waals surface area contributed by atoms with Gasteiger partial charge in [0.1, 0.15) is 11.8 Å². The van der Waals surface area contributed by atoms with Crippen LogP contribution in [0.3, 0.4) is 0 Å². The van der Waals surface area contributed by atoms with E-state index in [1.165, 1.54) is 12.1 Å². The van der Waals surface area contributed by atoms with Crippen molar-refractivity contribution in [1.82, 2.24) is 4.98 Å². The maximum atomic E-state index is 10.7. The quantitative estimate of drug-likeness (QED) is 0.735. The average Bonchev–Trinajstić information content (AvgIpc) is 2.16. The molecule has 0 unspecified atom stereocenters. The zero-order chi connectivity index (χ0) is 9.84. The molecule has 0 spiro atoms. The molecule has 1 heterocycles. The molecule has 0 aliphatic heterocycles. The Labute approximate surface area is 75.5 Å². The van der Waals surface area contributed by atoms with Crippen LogP contribution in [-0.2, 0) is 6.42 Å². The van der Waals surface area contributed by atoms with Gasteiger partial charge >= 0.3 is 5.97 Å². The molecule has 4 heteroatoms. The summed E-state index contributed by atoms with van der Waals surface area (Å²) in [6.45, 7) is 1.80. The Morgan fingerprint density at radius 2 is 2.38 bits per heavy atom. The fourth-order valence-electron chi connectivity index (χ4n) is 1.03. The molecule has 1 aromatic heterocycles. The molecule has 0 aromatic carbocycles. The molecule has 0 bridgehead atoms. The van der Waals surface area contributed by atoms with Gasteiger partial charge in [-0.3, -0.25) is 0 Å². The van der Waals surface area contributed by atoms with Crippen LogP contribution in [-0.4, -0.2) is 16.1 Å². The number of rotatable bonds is 2. The van der Waals surface area contributed by atoms with Crippen molar-refractivity contribution < 1.29 is 9.90 Å². The summed E-state index contributed by atoms with van der Waals surface area (Å²) in [7, 11) is 0. The number of nitriles is 1. The number of pyridine rings is 1. The summed E-state index contributed by atoms with van der Waals surface area (Å²) in [6, 6.07) is 4.68. The number of nitrogens with zero attached hydrogens (tertiary/aromatic N) is 2. The Hall–Kier alpha value is -1.89. The van der Waals surface area contributed by atoms with Gasteiger partial charge in [-0.1, -0.05) is 6.92 Å². The third-order valence-corrected chi connectivity index (χ3v) is 1.65. The first-order chi connectivity index (χ1) is 6.19. The van der Waals surface area contributed by atoms with Crippen molar-refractivity contribution in [1.29, 1.82) is 5.26 Å².